The van der Waals surface area contributed by atoms with E-state index in [1.807, 2.05) is 12.1 Å². The second-order valence-corrected chi connectivity index (χ2v) is 5.84. The lowest BCUT2D eigenvalue weighted by atomic mass is 10.00. The van der Waals surface area contributed by atoms with Gasteiger partial charge in [0.1, 0.15) is 0 Å². The summed E-state index contributed by atoms with van der Waals surface area (Å²) in [7, 11) is 0. The number of nitrogens with zero attached hydrogens (tertiary/aromatic N) is 1. The number of carbonyl (C=O) groups is 1. The maximum absolute atomic E-state index is 12.0. The number of amides is 1. The number of hydrogen-bond donors (Lipinski definition) is 1. The van der Waals surface area contributed by atoms with E-state index in [9.17, 15) is 4.79 Å². The van der Waals surface area contributed by atoms with E-state index in [2.05, 4.69) is 17.1 Å². The van der Waals surface area contributed by atoms with Crippen LogP contribution in [0.3, 0.4) is 0 Å². The van der Waals surface area contributed by atoms with Gasteiger partial charge in [-0.15, -0.1) is 0 Å². The van der Waals surface area contributed by atoms with Crippen LogP contribution in [0, 0.1) is 0 Å². The van der Waals surface area contributed by atoms with Crippen LogP contribution < -0.4 is 5.32 Å². The highest BCUT2D eigenvalue weighted by Crippen LogP contribution is 2.20. The summed E-state index contributed by atoms with van der Waals surface area (Å²) in [6, 6.07) is 7.93. The van der Waals surface area contributed by atoms with Crippen molar-refractivity contribution in [3.63, 3.8) is 0 Å². The van der Waals surface area contributed by atoms with E-state index in [1.54, 1.807) is 12.1 Å². The molecule has 1 saturated heterocycles. The van der Waals surface area contributed by atoms with Crippen LogP contribution in [0.2, 0.25) is 5.02 Å². The van der Waals surface area contributed by atoms with Crippen LogP contribution in [0.15, 0.2) is 24.3 Å². The lowest BCUT2D eigenvalue weighted by molar-refractivity contribution is -0.116. The van der Waals surface area contributed by atoms with Gasteiger partial charge in [-0.3, -0.25) is 9.69 Å². The minimum Gasteiger partial charge on any atom is -0.326 e. The van der Waals surface area contributed by atoms with Crippen molar-refractivity contribution in [1.29, 1.82) is 0 Å². The SMILES string of the molecule is CCC1CCCCN1CCC(=O)Nc1cccc(Cl)c1. The number of piperidine rings is 1. The van der Waals surface area contributed by atoms with Crippen molar-refractivity contribution in [3.05, 3.63) is 29.3 Å². The van der Waals surface area contributed by atoms with Crippen molar-refractivity contribution in [1.82, 2.24) is 4.90 Å². The molecule has 0 aliphatic carbocycles. The smallest absolute Gasteiger partial charge is 0.225 e. The average molecular weight is 295 g/mol. The standard InChI is InChI=1S/C16H23ClN2O/c1-2-15-8-3-4-10-19(15)11-9-16(20)18-14-7-5-6-13(17)12-14/h5-7,12,15H,2-4,8-11H2,1H3,(H,18,20). The Labute approximate surface area is 126 Å². The number of hydrogen-bond acceptors (Lipinski definition) is 2. The van der Waals surface area contributed by atoms with Gasteiger partial charge in [-0.1, -0.05) is 31.0 Å². The monoisotopic (exact) mass is 294 g/mol. The van der Waals surface area contributed by atoms with Crippen molar-refractivity contribution >= 4 is 23.2 Å². The van der Waals surface area contributed by atoms with Crippen LogP contribution in [0.1, 0.15) is 39.0 Å². The van der Waals surface area contributed by atoms with Crippen LogP contribution in [0.25, 0.3) is 0 Å². The molecule has 2 rings (SSSR count). The van der Waals surface area contributed by atoms with E-state index in [0.29, 0.717) is 17.5 Å². The number of benzene rings is 1. The van der Waals surface area contributed by atoms with Crippen LogP contribution in [-0.2, 0) is 4.79 Å². The summed E-state index contributed by atoms with van der Waals surface area (Å²) in [4.78, 5) is 14.4. The molecule has 1 atom stereocenters. The zero-order chi connectivity index (χ0) is 14.4. The maximum Gasteiger partial charge on any atom is 0.225 e. The van der Waals surface area contributed by atoms with E-state index < -0.39 is 0 Å². The van der Waals surface area contributed by atoms with Gasteiger partial charge in [0, 0.05) is 29.7 Å². The molecule has 1 aliphatic heterocycles. The van der Waals surface area contributed by atoms with E-state index >= 15 is 0 Å². The number of nitrogens with one attached hydrogen (secondary N) is 1. The zero-order valence-electron chi connectivity index (χ0n) is 12.1. The van der Waals surface area contributed by atoms with Gasteiger partial charge in [-0.25, -0.2) is 0 Å². The number of carbonyl (C=O) groups excluding carboxylic acids is 1. The van der Waals surface area contributed by atoms with Gasteiger partial charge in [-0.05, 0) is 44.0 Å². The minimum atomic E-state index is 0.0627. The first-order valence-electron chi connectivity index (χ1n) is 7.48. The van der Waals surface area contributed by atoms with Crippen LogP contribution in [0.4, 0.5) is 5.69 Å². The Morgan fingerprint density at radius 2 is 2.30 bits per heavy atom. The molecule has 1 fully saturated rings. The lowest BCUT2D eigenvalue weighted by Crippen LogP contribution is -2.40. The van der Waals surface area contributed by atoms with E-state index in [-0.39, 0.29) is 5.91 Å². The largest absolute Gasteiger partial charge is 0.326 e. The second kappa shape index (κ2) is 7.65. The van der Waals surface area contributed by atoms with E-state index in [4.69, 9.17) is 11.6 Å². The third-order valence-corrected chi connectivity index (χ3v) is 4.19. The highest BCUT2D eigenvalue weighted by molar-refractivity contribution is 6.30. The van der Waals surface area contributed by atoms with Gasteiger partial charge in [-0.2, -0.15) is 0 Å². The maximum atomic E-state index is 12.0. The summed E-state index contributed by atoms with van der Waals surface area (Å²) >= 11 is 5.91. The molecule has 0 bridgehead atoms. The quantitative estimate of drug-likeness (QED) is 0.892. The van der Waals surface area contributed by atoms with Gasteiger partial charge in [0.05, 0.1) is 0 Å². The Hall–Kier alpha value is -1.06. The first-order chi connectivity index (χ1) is 9.69. The molecular formula is C16H23ClN2O. The summed E-state index contributed by atoms with van der Waals surface area (Å²) in [6.45, 7) is 4.21. The number of halogens is 1. The Morgan fingerprint density at radius 3 is 3.05 bits per heavy atom. The van der Waals surface area contributed by atoms with Crippen LogP contribution in [0.5, 0.6) is 0 Å². The normalized spacial score (nSPS) is 19.8. The van der Waals surface area contributed by atoms with Crippen molar-refractivity contribution in [2.45, 2.75) is 45.1 Å². The molecule has 1 N–H and O–H groups in total. The molecule has 1 aliphatic rings. The Bertz CT molecular complexity index is 450. The summed E-state index contributed by atoms with van der Waals surface area (Å²) in [5.74, 6) is 0.0627. The van der Waals surface area contributed by atoms with Crippen LogP contribution >= 0.6 is 11.6 Å². The number of rotatable bonds is 5. The van der Waals surface area contributed by atoms with Crippen LogP contribution in [-0.4, -0.2) is 29.9 Å². The van der Waals surface area contributed by atoms with E-state index in [1.165, 1.54) is 25.7 Å². The Balaban J connectivity index is 1.79. The molecular weight excluding hydrogens is 272 g/mol. The number of likely N-dealkylation sites (tertiary alicyclic amines) is 1. The Morgan fingerprint density at radius 1 is 1.45 bits per heavy atom. The molecule has 1 aromatic rings. The average Bonchev–Trinajstić information content (AvgIpc) is 2.45. The molecule has 1 unspecified atom stereocenters. The molecule has 1 aromatic carbocycles. The predicted octanol–water partition coefficient (Wildman–Crippen LogP) is 3.93. The molecule has 1 amide bonds. The summed E-state index contributed by atoms with van der Waals surface area (Å²) < 4.78 is 0. The second-order valence-electron chi connectivity index (χ2n) is 5.40. The van der Waals surface area contributed by atoms with Crippen molar-refractivity contribution in [2.24, 2.45) is 0 Å². The fraction of sp³-hybridized carbons (Fsp3) is 0.562. The molecule has 3 nitrogen and oxygen atoms in total. The van der Waals surface area contributed by atoms with Gasteiger partial charge >= 0.3 is 0 Å². The molecule has 110 valence electrons. The molecule has 0 aromatic heterocycles. The Kier molecular flexibility index (Phi) is 5.86. The molecule has 0 saturated carbocycles. The lowest BCUT2D eigenvalue weighted by Gasteiger charge is -2.35. The summed E-state index contributed by atoms with van der Waals surface area (Å²) in [5, 5.41) is 3.55. The molecule has 20 heavy (non-hydrogen) atoms. The molecule has 1 heterocycles. The van der Waals surface area contributed by atoms with Crippen molar-refractivity contribution in [3.8, 4) is 0 Å². The summed E-state index contributed by atoms with van der Waals surface area (Å²) in [5.41, 5.74) is 0.771. The van der Waals surface area contributed by atoms with Gasteiger partial charge in [0.25, 0.3) is 0 Å². The number of anilines is 1. The third-order valence-electron chi connectivity index (χ3n) is 3.95. The summed E-state index contributed by atoms with van der Waals surface area (Å²) in [6.07, 6.45) is 5.57. The third kappa shape index (κ3) is 4.50. The molecule has 0 radical (unpaired) electrons. The predicted molar refractivity (Wildman–Crippen MR) is 84.2 cm³/mol. The van der Waals surface area contributed by atoms with Gasteiger partial charge in [0.15, 0.2) is 0 Å². The highest BCUT2D eigenvalue weighted by atomic mass is 35.5. The fourth-order valence-electron chi connectivity index (χ4n) is 2.85. The molecule has 4 heteroatoms. The van der Waals surface area contributed by atoms with E-state index in [0.717, 1.165) is 18.8 Å². The highest BCUT2D eigenvalue weighted by Gasteiger charge is 2.20. The molecule has 0 spiro atoms. The van der Waals surface area contributed by atoms with Crippen molar-refractivity contribution in [2.75, 3.05) is 18.4 Å². The zero-order valence-corrected chi connectivity index (χ0v) is 12.8. The first kappa shape index (κ1) is 15.3. The van der Waals surface area contributed by atoms with Gasteiger partial charge < -0.3 is 5.32 Å². The van der Waals surface area contributed by atoms with Gasteiger partial charge in [0.2, 0.25) is 5.91 Å². The van der Waals surface area contributed by atoms with Crippen molar-refractivity contribution < 1.29 is 4.79 Å². The fourth-order valence-corrected chi connectivity index (χ4v) is 3.04. The minimum absolute atomic E-state index is 0.0627. The first-order valence-corrected chi connectivity index (χ1v) is 7.86. The topological polar surface area (TPSA) is 32.3 Å².